The number of aliphatic hydroxyl groups is 1. The first kappa shape index (κ1) is 14.4. The normalized spacial score (nSPS) is 22.6. The Bertz CT molecular complexity index is 498. The van der Waals surface area contributed by atoms with Crippen molar-refractivity contribution in [3.05, 3.63) is 16.4 Å². The molecule has 0 bridgehead atoms. The monoisotopic (exact) mass is 284 g/mol. The molecular weight excluding hydrogens is 268 g/mol. The lowest BCUT2D eigenvalue weighted by Gasteiger charge is -2.36. The van der Waals surface area contributed by atoms with Gasteiger partial charge in [0.15, 0.2) is 0 Å². The average molecular weight is 284 g/mol. The van der Waals surface area contributed by atoms with Gasteiger partial charge in [0, 0.05) is 13.1 Å². The third-order valence-electron chi connectivity index (χ3n) is 2.97. The van der Waals surface area contributed by atoms with Crippen molar-refractivity contribution in [2.24, 2.45) is 0 Å². The topological polar surface area (TPSA) is 111 Å². The third-order valence-corrected chi connectivity index (χ3v) is 2.97. The molecule has 20 heavy (non-hydrogen) atoms. The molecule has 1 aromatic rings. The van der Waals surface area contributed by atoms with E-state index in [1.165, 1.54) is 13.4 Å². The SMILES string of the molecule is COc1ncnc(N2CC(C)OC(CO)C2)c1[N+](=O)[O-]. The third kappa shape index (κ3) is 2.78. The standard InChI is InChI=1S/C11H16N4O5/c1-7-3-14(4-8(5-16)20-7)10-9(15(17)18)11(19-2)13-6-12-10/h6-8,16H,3-5H2,1-2H3. The number of nitrogens with zero attached hydrogens (tertiary/aromatic N) is 4. The Balaban J connectivity index is 2.38. The van der Waals surface area contributed by atoms with Gasteiger partial charge in [0.25, 0.3) is 5.88 Å². The minimum atomic E-state index is -0.567. The molecule has 0 aliphatic carbocycles. The molecule has 1 aromatic heterocycles. The summed E-state index contributed by atoms with van der Waals surface area (Å²) < 4.78 is 10.4. The van der Waals surface area contributed by atoms with Crippen molar-refractivity contribution in [2.45, 2.75) is 19.1 Å². The van der Waals surface area contributed by atoms with Crippen LogP contribution in [0.2, 0.25) is 0 Å². The van der Waals surface area contributed by atoms with Crippen LogP contribution in [0.25, 0.3) is 0 Å². The first-order valence-corrected chi connectivity index (χ1v) is 6.11. The summed E-state index contributed by atoms with van der Waals surface area (Å²) in [7, 11) is 1.32. The van der Waals surface area contributed by atoms with Crippen molar-refractivity contribution in [2.75, 3.05) is 31.7 Å². The summed E-state index contributed by atoms with van der Waals surface area (Å²) in [5.41, 5.74) is -0.277. The van der Waals surface area contributed by atoms with Gasteiger partial charge in [-0.05, 0) is 6.92 Å². The summed E-state index contributed by atoms with van der Waals surface area (Å²) in [6, 6.07) is 0. The molecule has 0 amide bonds. The molecule has 0 aromatic carbocycles. The summed E-state index contributed by atoms with van der Waals surface area (Å²) in [4.78, 5) is 20.1. The molecule has 0 saturated carbocycles. The molecule has 1 aliphatic rings. The summed E-state index contributed by atoms with van der Waals surface area (Å²) in [6.07, 6.45) is 0.649. The van der Waals surface area contributed by atoms with Crippen LogP contribution in [0.5, 0.6) is 5.88 Å². The van der Waals surface area contributed by atoms with E-state index in [1.807, 2.05) is 6.92 Å². The molecule has 2 atom stereocenters. The number of aliphatic hydroxyl groups excluding tert-OH is 1. The van der Waals surface area contributed by atoms with Crippen LogP contribution in [0.4, 0.5) is 11.5 Å². The molecular formula is C11H16N4O5. The zero-order valence-electron chi connectivity index (χ0n) is 11.2. The number of ether oxygens (including phenoxy) is 2. The lowest BCUT2D eigenvalue weighted by atomic mass is 10.2. The number of aromatic nitrogens is 2. The number of hydrogen-bond donors (Lipinski definition) is 1. The summed E-state index contributed by atoms with van der Waals surface area (Å²) in [5, 5.41) is 20.4. The lowest BCUT2D eigenvalue weighted by molar-refractivity contribution is -0.385. The highest BCUT2D eigenvalue weighted by Crippen LogP contribution is 2.34. The molecule has 1 saturated heterocycles. The van der Waals surface area contributed by atoms with E-state index in [0.717, 1.165) is 0 Å². The van der Waals surface area contributed by atoms with Crippen LogP contribution >= 0.6 is 0 Å². The smallest absolute Gasteiger partial charge is 0.372 e. The highest BCUT2D eigenvalue weighted by molar-refractivity contribution is 5.63. The molecule has 2 rings (SSSR count). The van der Waals surface area contributed by atoms with E-state index in [1.54, 1.807) is 4.90 Å². The Kier molecular flexibility index (Phi) is 4.30. The van der Waals surface area contributed by atoms with Gasteiger partial charge in [0.05, 0.1) is 30.8 Å². The zero-order valence-corrected chi connectivity index (χ0v) is 11.2. The van der Waals surface area contributed by atoms with Gasteiger partial charge >= 0.3 is 5.69 Å². The summed E-state index contributed by atoms with van der Waals surface area (Å²) in [5.74, 6) is 0.0927. The average Bonchev–Trinajstić information content (AvgIpc) is 2.45. The van der Waals surface area contributed by atoms with Crippen molar-refractivity contribution in [3.8, 4) is 5.88 Å². The van der Waals surface area contributed by atoms with Gasteiger partial charge in [-0.1, -0.05) is 0 Å². The molecule has 2 heterocycles. The van der Waals surface area contributed by atoms with Crippen molar-refractivity contribution in [3.63, 3.8) is 0 Å². The molecule has 2 unspecified atom stereocenters. The lowest BCUT2D eigenvalue weighted by Crippen LogP contribution is -2.48. The fourth-order valence-corrected chi connectivity index (χ4v) is 2.21. The van der Waals surface area contributed by atoms with Crippen LogP contribution in [-0.4, -0.2) is 59.0 Å². The van der Waals surface area contributed by atoms with Gasteiger partial charge in [-0.3, -0.25) is 10.1 Å². The molecule has 1 N–H and O–H groups in total. The number of rotatable bonds is 4. The molecule has 0 spiro atoms. The molecule has 110 valence electrons. The Hall–Kier alpha value is -2.00. The van der Waals surface area contributed by atoms with Gasteiger partial charge < -0.3 is 19.5 Å². The second-order valence-electron chi connectivity index (χ2n) is 4.47. The largest absolute Gasteiger partial charge is 0.476 e. The molecule has 0 radical (unpaired) electrons. The van der Waals surface area contributed by atoms with E-state index < -0.39 is 11.0 Å². The zero-order chi connectivity index (χ0) is 14.7. The van der Waals surface area contributed by atoms with Gasteiger partial charge in [0.2, 0.25) is 5.82 Å². The van der Waals surface area contributed by atoms with E-state index >= 15 is 0 Å². The van der Waals surface area contributed by atoms with Crippen LogP contribution in [0.1, 0.15) is 6.92 Å². The van der Waals surface area contributed by atoms with Gasteiger partial charge in [-0.2, -0.15) is 4.98 Å². The second kappa shape index (κ2) is 5.97. The van der Waals surface area contributed by atoms with Crippen LogP contribution in [0.3, 0.4) is 0 Å². The molecule has 1 fully saturated rings. The highest BCUT2D eigenvalue weighted by Gasteiger charge is 2.33. The fraction of sp³-hybridized carbons (Fsp3) is 0.636. The van der Waals surface area contributed by atoms with E-state index in [4.69, 9.17) is 9.47 Å². The van der Waals surface area contributed by atoms with Crippen molar-refractivity contribution >= 4 is 11.5 Å². The molecule has 9 nitrogen and oxygen atoms in total. The van der Waals surface area contributed by atoms with Gasteiger partial charge in [-0.15, -0.1) is 0 Å². The van der Waals surface area contributed by atoms with Gasteiger partial charge in [0.1, 0.15) is 6.33 Å². The maximum atomic E-state index is 11.2. The van der Waals surface area contributed by atoms with Crippen LogP contribution in [0, 0.1) is 10.1 Å². The number of hydrogen-bond acceptors (Lipinski definition) is 8. The predicted octanol–water partition coefficient (Wildman–Crippen LogP) is -0.0206. The predicted molar refractivity (Wildman–Crippen MR) is 68.9 cm³/mol. The summed E-state index contributed by atoms with van der Waals surface area (Å²) in [6.45, 7) is 2.44. The van der Waals surface area contributed by atoms with E-state index in [2.05, 4.69) is 9.97 Å². The molecule has 1 aliphatic heterocycles. The number of anilines is 1. The number of methoxy groups -OCH3 is 1. The van der Waals surface area contributed by atoms with Crippen molar-refractivity contribution in [1.29, 1.82) is 0 Å². The van der Waals surface area contributed by atoms with E-state index in [-0.39, 0.29) is 30.1 Å². The molecule has 9 heteroatoms. The maximum absolute atomic E-state index is 11.2. The number of nitro groups is 1. The fourth-order valence-electron chi connectivity index (χ4n) is 2.21. The summed E-state index contributed by atoms with van der Waals surface area (Å²) >= 11 is 0. The highest BCUT2D eigenvalue weighted by atomic mass is 16.6. The first-order chi connectivity index (χ1) is 9.56. The van der Waals surface area contributed by atoms with Crippen molar-refractivity contribution < 1.29 is 19.5 Å². The van der Waals surface area contributed by atoms with Crippen molar-refractivity contribution in [1.82, 2.24) is 9.97 Å². The first-order valence-electron chi connectivity index (χ1n) is 6.11. The van der Waals surface area contributed by atoms with E-state index in [9.17, 15) is 15.2 Å². The second-order valence-corrected chi connectivity index (χ2v) is 4.47. The van der Waals surface area contributed by atoms with Crippen LogP contribution in [-0.2, 0) is 4.74 Å². The minimum Gasteiger partial charge on any atom is -0.476 e. The van der Waals surface area contributed by atoms with Gasteiger partial charge in [-0.25, -0.2) is 4.98 Å². The minimum absolute atomic E-state index is 0.0836. The quantitative estimate of drug-likeness (QED) is 0.606. The van der Waals surface area contributed by atoms with Crippen LogP contribution in [0.15, 0.2) is 6.33 Å². The Labute approximate surface area is 115 Å². The maximum Gasteiger partial charge on any atom is 0.372 e. The Morgan fingerprint density at radius 1 is 1.60 bits per heavy atom. The van der Waals surface area contributed by atoms with E-state index in [0.29, 0.717) is 13.1 Å². The Morgan fingerprint density at radius 3 is 2.95 bits per heavy atom. The van der Waals surface area contributed by atoms with Crippen LogP contribution < -0.4 is 9.64 Å². The number of morpholine rings is 1. The Morgan fingerprint density at radius 2 is 2.35 bits per heavy atom.